The van der Waals surface area contributed by atoms with E-state index in [0.29, 0.717) is 24.4 Å². The third kappa shape index (κ3) is 3.76. The van der Waals surface area contributed by atoms with Crippen molar-refractivity contribution in [2.24, 2.45) is 12.8 Å². The molecule has 0 radical (unpaired) electrons. The van der Waals surface area contributed by atoms with Gasteiger partial charge in [0, 0.05) is 38.0 Å². The van der Waals surface area contributed by atoms with Crippen molar-refractivity contribution < 1.29 is 23.0 Å². The lowest BCUT2D eigenvalue weighted by Crippen LogP contribution is -2.17. The van der Waals surface area contributed by atoms with E-state index in [1.54, 1.807) is 11.8 Å². The van der Waals surface area contributed by atoms with Crippen molar-refractivity contribution in [2.45, 2.75) is 13.2 Å². The lowest BCUT2D eigenvalue weighted by atomic mass is 10.0. The molecule has 10 heteroatoms. The van der Waals surface area contributed by atoms with Gasteiger partial charge in [0.2, 0.25) is 0 Å². The molecule has 0 saturated carbocycles. The number of nitrogens with zero attached hydrogens (tertiary/aromatic N) is 4. The molecule has 0 spiro atoms. The van der Waals surface area contributed by atoms with Crippen LogP contribution in [0.1, 0.15) is 16.3 Å². The molecule has 2 N–H and O–H groups in total. The van der Waals surface area contributed by atoms with E-state index in [4.69, 9.17) is 15.2 Å². The highest BCUT2D eigenvalue weighted by Gasteiger charge is 2.23. The van der Waals surface area contributed by atoms with Gasteiger partial charge in [-0.15, -0.1) is 0 Å². The molecule has 0 bridgehead atoms. The van der Waals surface area contributed by atoms with Crippen LogP contribution in [0.5, 0.6) is 0 Å². The molecule has 3 rings (SSSR count). The third-order valence-corrected chi connectivity index (χ3v) is 4.59. The highest BCUT2D eigenvalue weighted by molar-refractivity contribution is 5.90. The number of primary amides is 1. The van der Waals surface area contributed by atoms with Gasteiger partial charge in [0.25, 0.3) is 5.91 Å². The molecule has 0 aliphatic heterocycles. The third-order valence-electron chi connectivity index (χ3n) is 4.59. The first-order valence-corrected chi connectivity index (χ1v) is 8.73. The second-order valence-corrected chi connectivity index (χ2v) is 6.33. The van der Waals surface area contributed by atoms with Crippen LogP contribution in [0.2, 0.25) is 0 Å². The van der Waals surface area contributed by atoms with Crippen LogP contribution in [0.15, 0.2) is 24.5 Å². The number of carbonyl (C=O) groups excluding carboxylic acids is 1. The zero-order chi connectivity index (χ0) is 21.1. The molecule has 29 heavy (non-hydrogen) atoms. The summed E-state index contributed by atoms with van der Waals surface area (Å²) in [6.07, 6.45) is 2.74. The number of rotatable bonds is 8. The minimum atomic E-state index is -1.06. The first-order chi connectivity index (χ1) is 13.9. The fraction of sp³-hybridized carbons (Fsp3) is 0.316. The molecule has 2 heterocycles. The Balaban J connectivity index is 2.07. The Morgan fingerprint density at radius 2 is 1.79 bits per heavy atom. The largest absolute Gasteiger partial charge is 0.383 e. The molecule has 0 aliphatic carbocycles. The maximum absolute atomic E-state index is 15.0. The van der Waals surface area contributed by atoms with Gasteiger partial charge in [-0.2, -0.15) is 5.10 Å². The van der Waals surface area contributed by atoms with E-state index in [0.717, 1.165) is 0 Å². The molecule has 0 unspecified atom stereocenters. The topological polar surface area (TPSA) is 97.2 Å². The molecule has 2 aromatic heterocycles. The predicted molar refractivity (Wildman–Crippen MR) is 101 cm³/mol. The Bertz CT molecular complexity index is 1040. The van der Waals surface area contributed by atoms with Gasteiger partial charge in [-0.25, -0.2) is 13.8 Å². The van der Waals surface area contributed by atoms with Crippen LogP contribution in [-0.2, 0) is 29.7 Å². The van der Waals surface area contributed by atoms with Gasteiger partial charge < -0.3 is 19.8 Å². The fourth-order valence-electron chi connectivity index (χ4n) is 3.14. The second kappa shape index (κ2) is 8.50. The average Bonchev–Trinajstić information content (AvgIpc) is 3.26. The van der Waals surface area contributed by atoms with Crippen LogP contribution in [0.3, 0.4) is 0 Å². The van der Waals surface area contributed by atoms with Crippen molar-refractivity contribution in [1.82, 2.24) is 19.3 Å². The van der Waals surface area contributed by atoms with E-state index in [-0.39, 0.29) is 29.3 Å². The SMILES string of the molecule is COCCn1ncc(-c2ccc(-c3cnc(C(N)=O)n3C)c(F)c2F)c1COC. The first kappa shape index (κ1) is 20.6. The van der Waals surface area contributed by atoms with E-state index in [1.807, 2.05) is 0 Å². The Kier molecular flexibility index (Phi) is 6.04. The lowest BCUT2D eigenvalue weighted by Gasteiger charge is -2.12. The summed E-state index contributed by atoms with van der Waals surface area (Å²) in [5.74, 6) is -2.91. The predicted octanol–water partition coefficient (Wildman–Crippen LogP) is 2.12. The molecule has 1 aromatic carbocycles. The van der Waals surface area contributed by atoms with Crippen LogP contribution in [-0.4, -0.2) is 46.1 Å². The van der Waals surface area contributed by atoms with Gasteiger partial charge >= 0.3 is 0 Å². The Labute approximate surface area is 165 Å². The molecule has 0 atom stereocenters. The van der Waals surface area contributed by atoms with E-state index < -0.39 is 17.5 Å². The van der Waals surface area contributed by atoms with E-state index in [9.17, 15) is 9.18 Å². The Morgan fingerprint density at radius 1 is 1.10 bits per heavy atom. The summed E-state index contributed by atoms with van der Waals surface area (Å²) < 4.78 is 43.2. The van der Waals surface area contributed by atoms with Crippen molar-refractivity contribution in [1.29, 1.82) is 0 Å². The highest BCUT2D eigenvalue weighted by atomic mass is 19.2. The number of methoxy groups -OCH3 is 2. The molecule has 0 fully saturated rings. The number of aromatic nitrogens is 4. The van der Waals surface area contributed by atoms with Crippen LogP contribution >= 0.6 is 0 Å². The first-order valence-electron chi connectivity index (χ1n) is 8.73. The van der Waals surface area contributed by atoms with Gasteiger partial charge in [-0.1, -0.05) is 6.07 Å². The number of amides is 1. The van der Waals surface area contributed by atoms with Crippen molar-refractivity contribution in [3.05, 3.63) is 47.7 Å². The summed E-state index contributed by atoms with van der Waals surface area (Å²) in [4.78, 5) is 15.2. The summed E-state index contributed by atoms with van der Waals surface area (Å²) in [6.45, 7) is 1.03. The molecular formula is C19H21F2N5O3. The molecule has 0 aliphatic rings. The van der Waals surface area contributed by atoms with Crippen LogP contribution < -0.4 is 5.73 Å². The van der Waals surface area contributed by atoms with Gasteiger partial charge in [-0.3, -0.25) is 9.48 Å². The van der Waals surface area contributed by atoms with E-state index >= 15 is 4.39 Å². The number of nitrogens with two attached hydrogens (primary N) is 1. The number of benzene rings is 1. The lowest BCUT2D eigenvalue weighted by molar-refractivity contribution is 0.0987. The van der Waals surface area contributed by atoms with Crippen molar-refractivity contribution in [2.75, 3.05) is 20.8 Å². The molecule has 0 saturated heterocycles. The van der Waals surface area contributed by atoms with E-state index in [2.05, 4.69) is 10.1 Å². The van der Waals surface area contributed by atoms with Gasteiger partial charge in [0.15, 0.2) is 17.5 Å². The fourth-order valence-corrected chi connectivity index (χ4v) is 3.14. The van der Waals surface area contributed by atoms with Crippen LogP contribution in [0, 0.1) is 11.6 Å². The number of imidazole rings is 1. The maximum Gasteiger partial charge on any atom is 0.284 e. The maximum atomic E-state index is 15.0. The summed E-state index contributed by atoms with van der Waals surface area (Å²) >= 11 is 0. The number of hydrogen-bond acceptors (Lipinski definition) is 5. The number of halogens is 2. The summed E-state index contributed by atoms with van der Waals surface area (Å²) in [6, 6.07) is 2.89. The minimum absolute atomic E-state index is 0.0335. The Morgan fingerprint density at radius 3 is 2.41 bits per heavy atom. The number of hydrogen-bond donors (Lipinski definition) is 1. The van der Waals surface area contributed by atoms with Crippen molar-refractivity contribution in [3.63, 3.8) is 0 Å². The molecule has 154 valence electrons. The van der Waals surface area contributed by atoms with Gasteiger partial charge in [-0.05, 0) is 6.07 Å². The minimum Gasteiger partial charge on any atom is -0.383 e. The van der Waals surface area contributed by atoms with E-state index in [1.165, 1.54) is 43.3 Å². The van der Waals surface area contributed by atoms with Gasteiger partial charge in [0.05, 0.1) is 43.5 Å². The monoisotopic (exact) mass is 405 g/mol. The average molecular weight is 405 g/mol. The van der Waals surface area contributed by atoms with Crippen LogP contribution in [0.4, 0.5) is 8.78 Å². The summed E-state index contributed by atoms with van der Waals surface area (Å²) in [5.41, 5.74) is 6.52. The van der Waals surface area contributed by atoms with Crippen LogP contribution in [0.25, 0.3) is 22.4 Å². The molecule has 1 amide bonds. The molecule has 3 aromatic rings. The standard InChI is InChI=1S/C19H21F2N5O3/c1-25-14(9-23-19(25)18(22)27)12-5-4-11(16(20)17(12)21)13-8-24-26(6-7-28-2)15(13)10-29-3/h4-5,8-9H,6-7,10H2,1-3H3,(H2,22,27). The highest BCUT2D eigenvalue weighted by Crippen LogP contribution is 2.33. The Hall–Kier alpha value is -3.11. The van der Waals surface area contributed by atoms with Crippen molar-refractivity contribution in [3.8, 4) is 22.4 Å². The normalized spacial score (nSPS) is 11.2. The molecular weight excluding hydrogens is 384 g/mol. The quantitative estimate of drug-likeness (QED) is 0.619. The summed E-state index contributed by atoms with van der Waals surface area (Å²) in [5, 5.41) is 4.24. The second-order valence-electron chi connectivity index (χ2n) is 6.33. The van der Waals surface area contributed by atoms with Crippen molar-refractivity contribution >= 4 is 5.91 Å². The number of carbonyl (C=O) groups is 1. The zero-order valence-electron chi connectivity index (χ0n) is 16.3. The zero-order valence-corrected chi connectivity index (χ0v) is 16.3. The van der Waals surface area contributed by atoms with Gasteiger partial charge in [0.1, 0.15) is 0 Å². The molecule has 8 nitrogen and oxygen atoms in total. The summed E-state index contributed by atoms with van der Waals surface area (Å²) in [7, 11) is 4.58. The smallest absolute Gasteiger partial charge is 0.284 e. The number of ether oxygens (including phenoxy) is 2.